The molecule has 5 heteroatoms. The second-order valence-electron chi connectivity index (χ2n) is 3.54. The van der Waals surface area contributed by atoms with Crippen molar-refractivity contribution in [2.75, 3.05) is 6.54 Å². The molecule has 0 aromatic heterocycles. The molecule has 0 bridgehead atoms. The average Bonchev–Trinajstić information content (AvgIpc) is 2.34. The topological polar surface area (TPSA) is 81.3 Å². The van der Waals surface area contributed by atoms with Crippen LogP contribution >= 0.6 is 0 Å². The van der Waals surface area contributed by atoms with Crippen LogP contribution in [0.1, 0.15) is 12.5 Å². The van der Waals surface area contributed by atoms with Crippen LogP contribution in [-0.4, -0.2) is 24.6 Å². The van der Waals surface area contributed by atoms with Gasteiger partial charge in [0.15, 0.2) is 0 Å². The zero-order chi connectivity index (χ0) is 13.4. The number of rotatable bonds is 3. The van der Waals surface area contributed by atoms with E-state index in [1.54, 1.807) is 0 Å². The van der Waals surface area contributed by atoms with Crippen molar-refractivity contribution in [1.29, 1.82) is 0 Å². The first-order chi connectivity index (χ1) is 8.59. The summed E-state index contributed by atoms with van der Waals surface area (Å²) in [6, 6.07) is 8.49. The van der Waals surface area contributed by atoms with E-state index >= 15 is 0 Å². The Morgan fingerprint density at radius 3 is 2.61 bits per heavy atom. The Labute approximate surface area is 105 Å². The minimum absolute atomic E-state index is 0.160. The number of carbonyl (C=O) groups excluding carboxylic acids is 2. The molecule has 0 spiro atoms. The summed E-state index contributed by atoms with van der Waals surface area (Å²) in [6.45, 7) is 1.59. The Morgan fingerprint density at radius 1 is 1.33 bits per heavy atom. The highest BCUT2D eigenvalue weighted by Gasteiger charge is 2.10. The average molecular weight is 245 g/mol. The highest BCUT2D eigenvalue weighted by molar-refractivity contribution is 5.84. The molecule has 0 aliphatic rings. The lowest BCUT2D eigenvalue weighted by Gasteiger charge is -2.13. The van der Waals surface area contributed by atoms with Crippen LogP contribution in [0.2, 0.25) is 0 Å². The van der Waals surface area contributed by atoms with Crippen molar-refractivity contribution in [3.05, 3.63) is 35.9 Å². The molecule has 1 aromatic rings. The second kappa shape index (κ2) is 6.97. The van der Waals surface area contributed by atoms with E-state index in [1.165, 1.54) is 6.92 Å². The highest BCUT2D eigenvalue weighted by atomic mass is 16.4. The molecule has 0 aliphatic carbocycles. The molecular formula is C13H13N2O3-. The van der Waals surface area contributed by atoms with Gasteiger partial charge in [0, 0.05) is 5.56 Å². The van der Waals surface area contributed by atoms with Crippen LogP contribution in [0.3, 0.4) is 0 Å². The predicted molar refractivity (Wildman–Crippen MR) is 64.3 cm³/mol. The first kappa shape index (κ1) is 13.6. The fraction of sp³-hybridized carbons (Fsp3) is 0.231. The Kier molecular flexibility index (Phi) is 5.26. The summed E-state index contributed by atoms with van der Waals surface area (Å²) >= 11 is 0. The van der Waals surface area contributed by atoms with Gasteiger partial charge in [0.2, 0.25) is 5.91 Å². The molecule has 18 heavy (non-hydrogen) atoms. The molecule has 0 fully saturated rings. The molecule has 0 aliphatic heterocycles. The van der Waals surface area contributed by atoms with Crippen LogP contribution in [0, 0.1) is 11.8 Å². The van der Waals surface area contributed by atoms with Gasteiger partial charge in [-0.05, 0) is 19.1 Å². The van der Waals surface area contributed by atoms with Gasteiger partial charge in [-0.3, -0.25) is 4.79 Å². The smallest absolute Gasteiger partial charge is 0.242 e. The van der Waals surface area contributed by atoms with E-state index in [4.69, 9.17) is 0 Å². The Morgan fingerprint density at radius 2 is 2.00 bits per heavy atom. The molecular weight excluding hydrogens is 232 g/mol. The van der Waals surface area contributed by atoms with Crippen molar-refractivity contribution in [3.63, 3.8) is 0 Å². The third kappa shape index (κ3) is 5.03. The van der Waals surface area contributed by atoms with Gasteiger partial charge >= 0.3 is 0 Å². The van der Waals surface area contributed by atoms with E-state index in [9.17, 15) is 14.7 Å². The van der Waals surface area contributed by atoms with Gasteiger partial charge in [-0.1, -0.05) is 30.0 Å². The van der Waals surface area contributed by atoms with Crippen molar-refractivity contribution in [3.8, 4) is 11.8 Å². The molecule has 1 unspecified atom stereocenters. The summed E-state index contributed by atoms with van der Waals surface area (Å²) in [4.78, 5) is 21.6. The standard InChI is InChI=1S/C13H14N2O3/c1-10(15-13(17)18)12(16)14-9-5-8-11-6-3-2-4-7-11/h2-4,6-7,10,15H,9H2,1H3,(H,14,16)(H,17,18)/p-1. The van der Waals surface area contributed by atoms with Crippen LogP contribution in [-0.2, 0) is 4.79 Å². The van der Waals surface area contributed by atoms with Crippen LogP contribution in [0.15, 0.2) is 30.3 Å². The van der Waals surface area contributed by atoms with Gasteiger partial charge in [-0.2, -0.15) is 0 Å². The van der Waals surface area contributed by atoms with Crippen LogP contribution in [0.5, 0.6) is 0 Å². The summed E-state index contributed by atoms with van der Waals surface area (Å²) in [6.07, 6.45) is -1.48. The quantitative estimate of drug-likeness (QED) is 0.703. The van der Waals surface area contributed by atoms with Gasteiger partial charge in [0.1, 0.15) is 12.1 Å². The molecule has 5 nitrogen and oxygen atoms in total. The van der Waals surface area contributed by atoms with Gasteiger partial charge < -0.3 is 20.5 Å². The summed E-state index contributed by atoms with van der Waals surface area (Å²) in [7, 11) is 0. The van der Waals surface area contributed by atoms with Gasteiger partial charge in [0.05, 0.1) is 6.54 Å². The number of hydrogen-bond acceptors (Lipinski definition) is 3. The van der Waals surface area contributed by atoms with Gasteiger partial charge in [0.25, 0.3) is 0 Å². The molecule has 2 N–H and O–H groups in total. The van der Waals surface area contributed by atoms with Crippen molar-refractivity contribution in [2.45, 2.75) is 13.0 Å². The molecule has 0 heterocycles. The highest BCUT2D eigenvalue weighted by Crippen LogP contribution is 1.94. The third-order valence-electron chi connectivity index (χ3n) is 2.09. The Hall–Kier alpha value is -2.48. The van der Waals surface area contributed by atoms with Crippen LogP contribution < -0.4 is 15.7 Å². The number of amides is 2. The minimum Gasteiger partial charge on any atom is -0.530 e. The van der Waals surface area contributed by atoms with Crippen molar-refractivity contribution in [2.24, 2.45) is 0 Å². The lowest BCUT2D eigenvalue weighted by Crippen LogP contribution is -2.49. The van der Waals surface area contributed by atoms with Crippen molar-refractivity contribution < 1.29 is 14.7 Å². The monoisotopic (exact) mass is 245 g/mol. The molecule has 0 radical (unpaired) electrons. The normalized spacial score (nSPS) is 10.7. The maximum Gasteiger partial charge on any atom is 0.242 e. The molecule has 1 aromatic carbocycles. The SMILES string of the molecule is CC(NC(=O)[O-])C(=O)NCC#Cc1ccccc1. The van der Waals surface area contributed by atoms with Gasteiger partial charge in [-0.25, -0.2) is 0 Å². The second-order valence-corrected chi connectivity index (χ2v) is 3.54. The molecule has 0 saturated heterocycles. The van der Waals surface area contributed by atoms with E-state index < -0.39 is 18.0 Å². The first-order valence-electron chi connectivity index (χ1n) is 5.38. The first-order valence-corrected chi connectivity index (χ1v) is 5.38. The Balaban J connectivity index is 2.36. The summed E-state index contributed by atoms with van der Waals surface area (Å²) in [5.74, 6) is 5.19. The van der Waals surface area contributed by atoms with E-state index in [-0.39, 0.29) is 6.54 Å². The third-order valence-corrected chi connectivity index (χ3v) is 2.09. The number of carbonyl (C=O) groups is 2. The van der Waals surface area contributed by atoms with E-state index in [1.807, 2.05) is 35.6 Å². The Bertz CT molecular complexity index is 474. The minimum atomic E-state index is -1.48. The molecule has 2 amide bonds. The molecule has 94 valence electrons. The maximum absolute atomic E-state index is 11.4. The van der Waals surface area contributed by atoms with Crippen LogP contribution in [0.4, 0.5) is 4.79 Å². The number of nitrogens with one attached hydrogen (secondary N) is 2. The zero-order valence-corrected chi connectivity index (χ0v) is 9.90. The fourth-order valence-electron chi connectivity index (χ4n) is 1.19. The zero-order valence-electron chi connectivity index (χ0n) is 9.90. The van der Waals surface area contributed by atoms with Crippen LogP contribution in [0.25, 0.3) is 0 Å². The lowest BCUT2D eigenvalue weighted by atomic mass is 10.2. The lowest BCUT2D eigenvalue weighted by molar-refractivity contribution is -0.251. The number of carboxylic acid groups (broad SMARTS) is 1. The number of hydrogen-bond donors (Lipinski definition) is 2. The summed E-state index contributed by atoms with van der Waals surface area (Å²) in [5.41, 5.74) is 0.854. The molecule has 1 rings (SSSR count). The summed E-state index contributed by atoms with van der Waals surface area (Å²) in [5, 5.41) is 14.6. The molecule has 0 saturated carbocycles. The van der Waals surface area contributed by atoms with E-state index in [0.29, 0.717) is 0 Å². The van der Waals surface area contributed by atoms with Crippen molar-refractivity contribution in [1.82, 2.24) is 10.6 Å². The summed E-state index contributed by atoms with van der Waals surface area (Å²) < 4.78 is 0. The largest absolute Gasteiger partial charge is 0.530 e. The van der Waals surface area contributed by atoms with Crippen molar-refractivity contribution >= 4 is 12.0 Å². The van der Waals surface area contributed by atoms with Gasteiger partial charge in [-0.15, -0.1) is 0 Å². The predicted octanol–water partition coefficient (Wildman–Crippen LogP) is -0.524. The molecule has 1 atom stereocenters. The number of benzene rings is 1. The maximum atomic E-state index is 11.4. The van der Waals surface area contributed by atoms with E-state index in [2.05, 4.69) is 17.2 Å². The van der Waals surface area contributed by atoms with E-state index in [0.717, 1.165) is 5.56 Å². The fourth-order valence-corrected chi connectivity index (χ4v) is 1.19.